The molecule has 1 aliphatic rings. The molecule has 6 heteroatoms. The minimum atomic E-state index is -0.819. The number of aryl methyl sites for hydroxylation is 1. The average molecular weight is 362 g/mol. The van der Waals surface area contributed by atoms with Gasteiger partial charge in [0.05, 0.1) is 12.0 Å². The van der Waals surface area contributed by atoms with Gasteiger partial charge in [0.2, 0.25) is 0 Å². The highest BCUT2D eigenvalue weighted by atomic mass is 16.5. The lowest BCUT2D eigenvalue weighted by Gasteiger charge is -2.31. The van der Waals surface area contributed by atoms with E-state index in [0.717, 1.165) is 25.0 Å². The molecule has 2 unspecified atom stereocenters. The molecule has 2 amide bonds. The number of amides is 2. The third-order valence-corrected chi connectivity index (χ3v) is 4.59. The molecule has 2 atom stereocenters. The molecule has 6 nitrogen and oxygen atoms in total. The van der Waals surface area contributed by atoms with Crippen LogP contribution in [0.25, 0.3) is 0 Å². The van der Waals surface area contributed by atoms with E-state index in [1.54, 1.807) is 4.90 Å². The number of urea groups is 1. The summed E-state index contributed by atoms with van der Waals surface area (Å²) >= 11 is 0. The summed E-state index contributed by atoms with van der Waals surface area (Å²) in [6, 6.07) is 7.91. The number of hydrogen-bond acceptors (Lipinski definition) is 3. The lowest BCUT2D eigenvalue weighted by Crippen LogP contribution is -2.49. The zero-order valence-corrected chi connectivity index (χ0v) is 15.9. The Balaban J connectivity index is 1.76. The molecule has 1 saturated heterocycles. The smallest absolute Gasteiger partial charge is 0.317 e. The zero-order chi connectivity index (χ0) is 19.1. The van der Waals surface area contributed by atoms with Crippen molar-refractivity contribution in [2.45, 2.75) is 58.6 Å². The number of benzene rings is 1. The van der Waals surface area contributed by atoms with Crippen LogP contribution in [0.4, 0.5) is 4.79 Å². The molecule has 1 heterocycles. The van der Waals surface area contributed by atoms with Crippen LogP contribution in [0.3, 0.4) is 0 Å². The quantitative estimate of drug-likeness (QED) is 0.780. The Morgan fingerprint density at radius 1 is 1.27 bits per heavy atom. The van der Waals surface area contributed by atoms with Crippen molar-refractivity contribution in [1.29, 1.82) is 0 Å². The monoisotopic (exact) mass is 362 g/mol. The van der Waals surface area contributed by atoms with Gasteiger partial charge in [0.15, 0.2) is 0 Å². The Hall–Kier alpha value is -2.24. The van der Waals surface area contributed by atoms with Crippen molar-refractivity contribution in [2.24, 2.45) is 5.92 Å². The largest absolute Gasteiger partial charge is 0.491 e. The lowest BCUT2D eigenvalue weighted by molar-refractivity contribution is -0.143. The van der Waals surface area contributed by atoms with Crippen LogP contribution in [0.1, 0.15) is 45.6 Å². The second-order valence-corrected chi connectivity index (χ2v) is 7.32. The SMILES string of the molecule is CC(CCc1ccc(OC(C)C)cc1)NC(=O)N1CCCC(C(=O)O)C1. The van der Waals surface area contributed by atoms with Crippen molar-refractivity contribution in [3.8, 4) is 5.75 Å². The van der Waals surface area contributed by atoms with Crippen molar-refractivity contribution in [3.63, 3.8) is 0 Å². The second kappa shape index (κ2) is 9.46. The van der Waals surface area contributed by atoms with Gasteiger partial charge < -0.3 is 20.1 Å². The van der Waals surface area contributed by atoms with Crippen molar-refractivity contribution in [2.75, 3.05) is 13.1 Å². The Morgan fingerprint density at radius 3 is 2.58 bits per heavy atom. The molecule has 2 rings (SSSR count). The van der Waals surface area contributed by atoms with Gasteiger partial charge in [-0.2, -0.15) is 0 Å². The summed E-state index contributed by atoms with van der Waals surface area (Å²) in [5, 5.41) is 12.1. The normalized spacial score (nSPS) is 18.5. The van der Waals surface area contributed by atoms with Crippen molar-refractivity contribution in [1.82, 2.24) is 10.2 Å². The topological polar surface area (TPSA) is 78.9 Å². The third-order valence-electron chi connectivity index (χ3n) is 4.59. The summed E-state index contributed by atoms with van der Waals surface area (Å²) in [5.74, 6) is -0.403. The highest BCUT2D eigenvalue weighted by Crippen LogP contribution is 2.17. The van der Waals surface area contributed by atoms with Crippen LogP contribution >= 0.6 is 0 Å². The van der Waals surface area contributed by atoms with Crippen LogP contribution in [0.15, 0.2) is 24.3 Å². The van der Waals surface area contributed by atoms with Gasteiger partial charge in [-0.1, -0.05) is 12.1 Å². The van der Waals surface area contributed by atoms with Crippen LogP contribution in [-0.2, 0) is 11.2 Å². The number of nitrogens with zero attached hydrogens (tertiary/aromatic N) is 1. The number of aliphatic carboxylic acids is 1. The molecular weight excluding hydrogens is 332 g/mol. The summed E-state index contributed by atoms with van der Waals surface area (Å²) in [6.45, 7) is 6.90. The molecule has 26 heavy (non-hydrogen) atoms. The minimum absolute atomic E-state index is 0.0271. The highest BCUT2D eigenvalue weighted by Gasteiger charge is 2.28. The van der Waals surface area contributed by atoms with Gasteiger partial charge in [-0.25, -0.2) is 4.79 Å². The van der Waals surface area contributed by atoms with Gasteiger partial charge in [0, 0.05) is 19.1 Å². The fourth-order valence-corrected chi connectivity index (χ4v) is 3.13. The average Bonchev–Trinajstić information content (AvgIpc) is 2.60. The predicted molar refractivity (Wildman–Crippen MR) is 100 cm³/mol. The molecule has 0 saturated carbocycles. The number of hydrogen-bond donors (Lipinski definition) is 2. The maximum absolute atomic E-state index is 12.3. The van der Waals surface area contributed by atoms with Crippen molar-refractivity contribution in [3.05, 3.63) is 29.8 Å². The fourth-order valence-electron chi connectivity index (χ4n) is 3.13. The molecule has 1 aromatic carbocycles. The number of carboxylic acids is 1. The van der Waals surface area contributed by atoms with E-state index in [2.05, 4.69) is 5.32 Å². The van der Waals surface area contributed by atoms with Crippen LogP contribution in [-0.4, -0.2) is 47.2 Å². The summed E-state index contributed by atoms with van der Waals surface area (Å²) in [6.07, 6.45) is 3.23. The Kier molecular flexibility index (Phi) is 7.30. The first-order valence-electron chi connectivity index (χ1n) is 9.39. The maximum Gasteiger partial charge on any atom is 0.317 e. The molecule has 0 aromatic heterocycles. The number of ether oxygens (including phenoxy) is 1. The van der Waals surface area contributed by atoms with Gasteiger partial charge >= 0.3 is 12.0 Å². The van der Waals surface area contributed by atoms with Gasteiger partial charge in [0.25, 0.3) is 0 Å². The number of rotatable bonds is 7. The Labute approximate surface area is 155 Å². The summed E-state index contributed by atoms with van der Waals surface area (Å²) < 4.78 is 5.64. The first-order chi connectivity index (χ1) is 12.3. The molecule has 1 fully saturated rings. The third kappa shape index (κ3) is 6.24. The lowest BCUT2D eigenvalue weighted by atomic mass is 9.98. The number of carbonyl (C=O) groups is 2. The van der Waals surface area contributed by atoms with Crippen LogP contribution < -0.4 is 10.1 Å². The maximum atomic E-state index is 12.3. The zero-order valence-electron chi connectivity index (χ0n) is 15.9. The summed E-state index contributed by atoms with van der Waals surface area (Å²) in [4.78, 5) is 25.1. The Morgan fingerprint density at radius 2 is 1.96 bits per heavy atom. The van der Waals surface area contributed by atoms with Crippen molar-refractivity contribution < 1.29 is 19.4 Å². The molecule has 0 spiro atoms. The standard InChI is InChI=1S/C20H30N2O4/c1-14(2)26-18-10-8-16(9-11-18)7-6-15(3)21-20(25)22-12-4-5-17(13-22)19(23)24/h8-11,14-15,17H,4-7,12-13H2,1-3H3,(H,21,25)(H,23,24). The second-order valence-electron chi connectivity index (χ2n) is 7.32. The number of nitrogens with one attached hydrogen (secondary N) is 1. The van der Waals surface area contributed by atoms with Gasteiger partial charge in [0.1, 0.15) is 5.75 Å². The molecule has 0 radical (unpaired) electrons. The molecule has 2 N–H and O–H groups in total. The molecule has 0 bridgehead atoms. The van der Waals surface area contributed by atoms with E-state index in [4.69, 9.17) is 9.84 Å². The fraction of sp³-hybridized carbons (Fsp3) is 0.600. The van der Waals surface area contributed by atoms with E-state index in [9.17, 15) is 9.59 Å². The number of piperidine rings is 1. The molecule has 0 aliphatic carbocycles. The molecular formula is C20H30N2O4. The molecule has 144 valence electrons. The van der Waals surface area contributed by atoms with Gasteiger partial charge in [-0.15, -0.1) is 0 Å². The Bertz CT molecular complexity index is 600. The van der Waals surface area contributed by atoms with E-state index in [0.29, 0.717) is 19.5 Å². The van der Waals surface area contributed by atoms with E-state index in [-0.39, 0.29) is 18.2 Å². The first-order valence-corrected chi connectivity index (χ1v) is 9.39. The summed E-state index contributed by atoms with van der Waals surface area (Å²) in [5.41, 5.74) is 1.20. The first kappa shape index (κ1) is 20.1. The van der Waals surface area contributed by atoms with Gasteiger partial charge in [-0.3, -0.25) is 4.79 Å². The van der Waals surface area contributed by atoms with E-state index in [1.165, 1.54) is 5.56 Å². The number of carbonyl (C=O) groups excluding carboxylic acids is 1. The van der Waals surface area contributed by atoms with E-state index in [1.807, 2.05) is 45.0 Å². The minimum Gasteiger partial charge on any atom is -0.491 e. The predicted octanol–water partition coefficient (Wildman–Crippen LogP) is 3.30. The van der Waals surface area contributed by atoms with Crippen LogP contribution in [0.2, 0.25) is 0 Å². The number of carboxylic acid groups (broad SMARTS) is 1. The van der Waals surface area contributed by atoms with Crippen LogP contribution in [0.5, 0.6) is 5.75 Å². The molecule has 1 aromatic rings. The highest BCUT2D eigenvalue weighted by molar-refractivity contribution is 5.76. The molecule has 1 aliphatic heterocycles. The van der Waals surface area contributed by atoms with Gasteiger partial charge in [-0.05, 0) is 64.2 Å². The van der Waals surface area contributed by atoms with Crippen molar-refractivity contribution >= 4 is 12.0 Å². The van der Waals surface area contributed by atoms with E-state index >= 15 is 0 Å². The van der Waals surface area contributed by atoms with Crippen LogP contribution in [0, 0.1) is 5.92 Å². The van der Waals surface area contributed by atoms with E-state index < -0.39 is 11.9 Å². The summed E-state index contributed by atoms with van der Waals surface area (Å²) in [7, 11) is 0. The number of likely N-dealkylation sites (tertiary alicyclic amines) is 1.